The number of aliphatic hydroxyl groups is 7. The minimum absolute atomic E-state index is 0.545. The number of aliphatic hydroxyl groups excluding tert-OH is 7. The number of hydrogen-bond acceptors (Lipinski definition) is 10. The van der Waals surface area contributed by atoms with Gasteiger partial charge in [-0.15, -0.1) is 0 Å². The molecule has 0 radical (unpaired) electrons. The predicted octanol–water partition coefficient (Wildman–Crippen LogP) is -4.59. The lowest BCUT2D eigenvalue weighted by molar-refractivity contribution is -0.299. The Morgan fingerprint density at radius 3 is 2.24 bits per heavy atom. The summed E-state index contributed by atoms with van der Waals surface area (Å²) in [7, 11) is 0. The molecule has 0 unspecified atom stereocenters. The molecule has 0 aliphatic carbocycles. The largest absolute Gasteiger partial charge is 0.394 e. The van der Waals surface area contributed by atoms with Crippen molar-refractivity contribution in [1.29, 1.82) is 0 Å². The maximum absolute atomic E-state index is 11.0. The first kappa shape index (κ1) is 22.2. The Labute approximate surface area is 144 Å². The van der Waals surface area contributed by atoms with Gasteiger partial charge >= 0.3 is 0 Å². The van der Waals surface area contributed by atoms with E-state index in [9.17, 15) is 35.4 Å². The second-order valence-electron chi connectivity index (χ2n) is 6.05. The van der Waals surface area contributed by atoms with Crippen molar-refractivity contribution < 1.29 is 50.0 Å². The zero-order chi connectivity index (χ0) is 19.3. The van der Waals surface area contributed by atoms with Gasteiger partial charge in [0.25, 0.3) is 0 Å². The van der Waals surface area contributed by atoms with Crippen LogP contribution in [-0.4, -0.2) is 110 Å². The molecule has 0 aromatic carbocycles. The van der Waals surface area contributed by atoms with E-state index in [2.05, 4.69) is 5.32 Å². The molecule has 1 amide bonds. The molecule has 0 bridgehead atoms. The fourth-order valence-corrected chi connectivity index (χ4v) is 2.41. The molecule has 148 valence electrons. The molecule has 0 spiro atoms. The van der Waals surface area contributed by atoms with E-state index >= 15 is 0 Å². The van der Waals surface area contributed by atoms with Crippen molar-refractivity contribution in [2.75, 3.05) is 13.2 Å². The van der Waals surface area contributed by atoms with Crippen LogP contribution in [0.15, 0.2) is 0 Å². The molecule has 9 atom stereocenters. The summed E-state index contributed by atoms with van der Waals surface area (Å²) in [5.74, 6) is -0.545. The quantitative estimate of drug-likeness (QED) is 0.207. The summed E-state index contributed by atoms with van der Waals surface area (Å²) in [4.78, 5) is 11.0. The number of amides is 1. The molecular weight excluding hydrogens is 342 g/mol. The molecule has 1 aliphatic rings. The monoisotopic (exact) mass is 369 g/mol. The molecule has 8 N–H and O–H groups in total. The SMILES string of the molecule is CC(=O)N[C@@H](CO)[C@@H](O)[C@@H](O)[C@H](O)CO[C@@H]1O[C@@H](C)[C@@H](O)[C@@H](O)[C@@H]1O. The van der Waals surface area contributed by atoms with E-state index in [0.29, 0.717) is 0 Å². The summed E-state index contributed by atoms with van der Waals surface area (Å²) < 4.78 is 10.3. The van der Waals surface area contributed by atoms with Crippen LogP contribution >= 0.6 is 0 Å². The molecule has 25 heavy (non-hydrogen) atoms. The predicted molar refractivity (Wildman–Crippen MR) is 81.0 cm³/mol. The van der Waals surface area contributed by atoms with Crippen molar-refractivity contribution >= 4 is 5.91 Å². The van der Waals surface area contributed by atoms with Crippen molar-refractivity contribution in [3.8, 4) is 0 Å². The first-order chi connectivity index (χ1) is 11.6. The van der Waals surface area contributed by atoms with Crippen LogP contribution in [0.25, 0.3) is 0 Å². The minimum atomic E-state index is -1.78. The molecule has 11 nitrogen and oxygen atoms in total. The van der Waals surface area contributed by atoms with E-state index in [1.807, 2.05) is 0 Å². The van der Waals surface area contributed by atoms with Crippen LogP contribution < -0.4 is 5.32 Å². The Morgan fingerprint density at radius 1 is 1.12 bits per heavy atom. The van der Waals surface area contributed by atoms with Crippen molar-refractivity contribution in [3.05, 3.63) is 0 Å². The minimum Gasteiger partial charge on any atom is -0.394 e. The fraction of sp³-hybridized carbons (Fsp3) is 0.929. The number of nitrogens with one attached hydrogen (secondary N) is 1. The van der Waals surface area contributed by atoms with Gasteiger partial charge in [0.05, 0.1) is 25.4 Å². The number of hydrogen-bond donors (Lipinski definition) is 8. The fourth-order valence-electron chi connectivity index (χ4n) is 2.41. The summed E-state index contributed by atoms with van der Waals surface area (Å²) in [6.07, 6.45) is -11.7. The molecule has 0 saturated carbocycles. The van der Waals surface area contributed by atoms with Gasteiger partial charge in [-0.2, -0.15) is 0 Å². The van der Waals surface area contributed by atoms with Gasteiger partial charge in [0.15, 0.2) is 6.29 Å². The molecule has 0 aromatic heterocycles. The molecule has 1 rings (SSSR count). The zero-order valence-corrected chi connectivity index (χ0v) is 14.0. The zero-order valence-electron chi connectivity index (χ0n) is 14.0. The maximum Gasteiger partial charge on any atom is 0.217 e. The van der Waals surface area contributed by atoms with Crippen LogP contribution in [0.1, 0.15) is 13.8 Å². The summed E-state index contributed by atoms with van der Waals surface area (Å²) >= 11 is 0. The average molecular weight is 369 g/mol. The van der Waals surface area contributed by atoms with Crippen LogP contribution in [0.3, 0.4) is 0 Å². The lowest BCUT2D eigenvalue weighted by Crippen LogP contribution is -2.58. The third-order valence-electron chi connectivity index (χ3n) is 3.98. The van der Waals surface area contributed by atoms with E-state index in [1.165, 1.54) is 6.92 Å². The lowest BCUT2D eigenvalue weighted by Gasteiger charge is -2.39. The third kappa shape index (κ3) is 5.81. The Hall–Kier alpha value is -0.890. The molecule has 1 aliphatic heterocycles. The molecule has 1 saturated heterocycles. The van der Waals surface area contributed by atoms with Gasteiger partial charge in [-0.25, -0.2) is 0 Å². The lowest BCUT2D eigenvalue weighted by atomic mass is 10.00. The van der Waals surface area contributed by atoms with Gasteiger partial charge in [-0.05, 0) is 6.92 Å². The summed E-state index contributed by atoms with van der Waals surface area (Å²) in [5.41, 5.74) is 0. The number of ether oxygens (including phenoxy) is 2. The first-order valence-electron chi connectivity index (χ1n) is 7.83. The van der Waals surface area contributed by atoms with Crippen molar-refractivity contribution in [3.63, 3.8) is 0 Å². The Bertz CT molecular complexity index is 424. The molecule has 0 aromatic rings. The number of carbonyl (C=O) groups excluding carboxylic acids is 1. The van der Waals surface area contributed by atoms with Gasteiger partial charge in [-0.3, -0.25) is 4.79 Å². The van der Waals surface area contributed by atoms with Crippen LogP contribution in [0.4, 0.5) is 0 Å². The molecule has 1 fully saturated rings. The standard InChI is InChI=1S/C14H27NO10/c1-5-9(19)12(22)13(23)14(25-5)24-4-8(18)11(21)10(20)7(3-16)15-6(2)17/h5,7-14,16,18-23H,3-4H2,1-2H3,(H,15,17)/t5-,7-,8+,9+,10+,11-,12+,13-,14+/m0/s1. The van der Waals surface area contributed by atoms with Crippen LogP contribution in [0.2, 0.25) is 0 Å². The van der Waals surface area contributed by atoms with Crippen LogP contribution in [0, 0.1) is 0 Å². The Morgan fingerprint density at radius 2 is 1.72 bits per heavy atom. The molecule has 11 heteroatoms. The smallest absolute Gasteiger partial charge is 0.217 e. The summed E-state index contributed by atoms with van der Waals surface area (Å²) in [5, 5.41) is 70.0. The van der Waals surface area contributed by atoms with Gasteiger partial charge in [0.1, 0.15) is 36.6 Å². The van der Waals surface area contributed by atoms with E-state index in [4.69, 9.17) is 14.6 Å². The highest BCUT2D eigenvalue weighted by Crippen LogP contribution is 2.22. The topological polar surface area (TPSA) is 189 Å². The summed E-state index contributed by atoms with van der Waals surface area (Å²) in [6, 6.07) is -1.20. The average Bonchev–Trinajstić information content (AvgIpc) is 2.57. The van der Waals surface area contributed by atoms with E-state index in [1.54, 1.807) is 0 Å². The number of rotatable bonds is 8. The highest BCUT2D eigenvalue weighted by Gasteiger charge is 2.43. The van der Waals surface area contributed by atoms with Crippen molar-refractivity contribution in [1.82, 2.24) is 5.32 Å². The van der Waals surface area contributed by atoms with Gasteiger partial charge in [-0.1, -0.05) is 0 Å². The third-order valence-corrected chi connectivity index (χ3v) is 3.98. The molecular formula is C14H27NO10. The van der Waals surface area contributed by atoms with Gasteiger partial charge < -0.3 is 50.5 Å². The maximum atomic E-state index is 11.0. The van der Waals surface area contributed by atoms with Gasteiger partial charge in [0.2, 0.25) is 5.91 Å². The van der Waals surface area contributed by atoms with Crippen molar-refractivity contribution in [2.24, 2.45) is 0 Å². The van der Waals surface area contributed by atoms with E-state index in [0.717, 1.165) is 6.92 Å². The van der Waals surface area contributed by atoms with Crippen molar-refractivity contribution in [2.45, 2.75) is 68.9 Å². The highest BCUT2D eigenvalue weighted by atomic mass is 16.7. The van der Waals surface area contributed by atoms with Crippen LogP contribution in [-0.2, 0) is 14.3 Å². The second-order valence-corrected chi connectivity index (χ2v) is 6.05. The number of carbonyl (C=O) groups is 1. The summed E-state index contributed by atoms with van der Waals surface area (Å²) in [6.45, 7) is 1.35. The second kappa shape index (κ2) is 9.71. The van der Waals surface area contributed by atoms with E-state index < -0.39 is 74.2 Å². The van der Waals surface area contributed by atoms with Crippen LogP contribution in [0.5, 0.6) is 0 Å². The van der Waals surface area contributed by atoms with E-state index in [-0.39, 0.29) is 0 Å². The van der Waals surface area contributed by atoms with Gasteiger partial charge in [0, 0.05) is 6.92 Å². The Kier molecular flexibility index (Phi) is 8.60. The highest BCUT2D eigenvalue weighted by molar-refractivity contribution is 5.73. The first-order valence-corrected chi connectivity index (χ1v) is 7.83. The molecule has 1 heterocycles. The Balaban J connectivity index is 2.57. The normalized spacial score (nSPS) is 34.8.